The maximum Gasteiger partial charge on any atom is 0.255 e. The molecule has 2 aromatic rings. The van der Waals surface area contributed by atoms with Gasteiger partial charge in [-0.25, -0.2) is 0 Å². The van der Waals surface area contributed by atoms with Gasteiger partial charge in [-0.3, -0.25) is 24.2 Å². The van der Waals surface area contributed by atoms with Crippen molar-refractivity contribution in [3.05, 3.63) is 59.9 Å². The molecule has 0 aliphatic carbocycles. The van der Waals surface area contributed by atoms with Crippen LogP contribution in [0.5, 0.6) is 5.75 Å². The summed E-state index contributed by atoms with van der Waals surface area (Å²) in [7, 11) is 0. The summed E-state index contributed by atoms with van der Waals surface area (Å²) in [6.07, 6.45) is 2.62. The lowest BCUT2D eigenvalue weighted by molar-refractivity contribution is -0.137. The summed E-state index contributed by atoms with van der Waals surface area (Å²) in [6.45, 7) is 6.79. The summed E-state index contributed by atoms with van der Waals surface area (Å²) in [5.74, 6) is -3.92. The van der Waals surface area contributed by atoms with Crippen molar-refractivity contribution in [3.8, 4) is 5.75 Å². The number of aromatic hydroxyl groups is 1. The van der Waals surface area contributed by atoms with Gasteiger partial charge in [0.05, 0.1) is 29.7 Å². The third kappa shape index (κ3) is 7.32. The molecule has 0 radical (unpaired) electrons. The average molecular weight is 540 g/mol. The average Bonchev–Trinajstić information content (AvgIpc) is 2.92. The Morgan fingerprint density at radius 2 is 1.74 bits per heavy atom. The van der Waals surface area contributed by atoms with Crippen LogP contribution in [0.4, 0.5) is 0 Å². The van der Waals surface area contributed by atoms with E-state index in [4.69, 9.17) is 0 Å². The molecule has 11 heteroatoms. The molecule has 11 nitrogen and oxygen atoms in total. The van der Waals surface area contributed by atoms with E-state index in [9.17, 15) is 29.4 Å². The molecular weight excluding hydrogens is 502 g/mol. The second-order valence-corrected chi connectivity index (χ2v) is 10.1. The minimum atomic E-state index is -1.32. The second-order valence-electron chi connectivity index (χ2n) is 10.1. The Kier molecular flexibility index (Phi) is 10.00. The molecule has 1 aromatic heterocycles. The zero-order chi connectivity index (χ0) is 28.7. The van der Waals surface area contributed by atoms with Crippen LogP contribution in [0.15, 0.2) is 48.8 Å². The first-order valence-electron chi connectivity index (χ1n) is 13.1. The quantitative estimate of drug-likeness (QED) is 0.313. The minimum Gasteiger partial charge on any atom is -0.507 e. The molecule has 1 fully saturated rings. The Morgan fingerprint density at radius 3 is 2.38 bits per heavy atom. The Morgan fingerprint density at radius 1 is 1.03 bits per heavy atom. The third-order valence-electron chi connectivity index (χ3n) is 7.23. The summed E-state index contributed by atoms with van der Waals surface area (Å²) < 4.78 is 0. The highest BCUT2D eigenvalue weighted by Crippen LogP contribution is 2.18. The molecule has 1 aromatic carbocycles. The third-order valence-corrected chi connectivity index (χ3v) is 7.23. The second kappa shape index (κ2) is 13.2. The number of carbonyl (C=O) groups is 4. The Labute approximate surface area is 227 Å². The lowest BCUT2D eigenvalue weighted by Gasteiger charge is -2.35. The summed E-state index contributed by atoms with van der Waals surface area (Å²) in [5, 5.41) is 32.3. The number of phenols is 1. The number of amides is 4. The molecule has 39 heavy (non-hydrogen) atoms. The Balaban J connectivity index is 2.00. The highest BCUT2D eigenvalue weighted by Gasteiger charge is 2.39. The maximum atomic E-state index is 13.6. The summed E-state index contributed by atoms with van der Waals surface area (Å²) in [6, 6.07) is 5.37. The first-order valence-corrected chi connectivity index (χ1v) is 13.1. The van der Waals surface area contributed by atoms with Gasteiger partial charge in [-0.05, 0) is 43.0 Å². The number of nitrogens with zero attached hydrogens (tertiary/aromatic N) is 1. The van der Waals surface area contributed by atoms with Gasteiger partial charge in [0, 0.05) is 12.4 Å². The molecule has 210 valence electrons. The number of carbonyl (C=O) groups excluding carboxylic acids is 4. The number of benzene rings is 1. The molecule has 2 heterocycles. The van der Waals surface area contributed by atoms with Crippen molar-refractivity contribution in [1.82, 2.24) is 26.3 Å². The summed E-state index contributed by atoms with van der Waals surface area (Å²) in [4.78, 5) is 57.2. The van der Waals surface area contributed by atoms with E-state index in [1.54, 1.807) is 43.6 Å². The molecule has 0 spiro atoms. The lowest BCUT2D eigenvalue weighted by atomic mass is 9.90. The van der Waals surface area contributed by atoms with Crippen LogP contribution >= 0.6 is 0 Å². The van der Waals surface area contributed by atoms with Crippen LogP contribution in [0.1, 0.15) is 50.0 Å². The predicted octanol–water partition coefficient (Wildman–Crippen LogP) is 0.659. The molecular formula is C28H37N5O6. The van der Waals surface area contributed by atoms with Gasteiger partial charge >= 0.3 is 0 Å². The van der Waals surface area contributed by atoms with E-state index in [1.165, 1.54) is 19.1 Å². The van der Waals surface area contributed by atoms with E-state index in [2.05, 4.69) is 26.3 Å². The molecule has 6 N–H and O–H groups in total. The molecule has 1 aliphatic rings. The first kappa shape index (κ1) is 29.6. The monoisotopic (exact) mass is 539 g/mol. The number of para-hydroxylation sites is 1. The van der Waals surface area contributed by atoms with Gasteiger partial charge in [-0.2, -0.15) is 0 Å². The van der Waals surface area contributed by atoms with Crippen LogP contribution in [0, 0.1) is 11.8 Å². The molecule has 3 rings (SSSR count). The van der Waals surface area contributed by atoms with Crippen molar-refractivity contribution in [2.75, 3.05) is 0 Å². The van der Waals surface area contributed by atoms with E-state index in [0.29, 0.717) is 6.42 Å². The molecule has 7 unspecified atom stereocenters. The van der Waals surface area contributed by atoms with Gasteiger partial charge < -0.3 is 31.5 Å². The fraction of sp³-hybridized carbons (Fsp3) is 0.464. The number of hydrogen-bond donors (Lipinski definition) is 6. The zero-order valence-corrected chi connectivity index (χ0v) is 22.5. The highest BCUT2D eigenvalue weighted by molar-refractivity contribution is 6.00. The smallest absolute Gasteiger partial charge is 0.255 e. The number of pyridine rings is 1. The van der Waals surface area contributed by atoms with Crippen molar-refractivity contribution in [2.24, 2.45) is 11.8 Å². The van der Waals surface area contributed by atoms with Gasteiger partial charge in [-0.1, -0.05) is 45.4 Å². The van der Waals surface area contributed by atoms with E-state index in [1.807, 2.05) is 13.8 Å². The highest BCUT2D eigenvalue weighted by atomic mass is 16.3. The van der Waals surface area contributed by atoms with Crippen molar-refractivity contribution in [2.45, 2.75) is 70.8 Å². The van der Waals surface area contributed by atoms with Gasteiger partial charge in [-0.15, -0.1) is 0 Å². The van der Waals surface area contributed by atoms with Crippen molar-refractivity contribution in [1.29, 1.82) is 0 Å². The minimum absolute atomic E-state index is 0.0414. The van der Waals surface area contributed by atoms with E-state index >= 15 is 0 Å². The topological polar surface area (TPSA) is 170 Å². The predicted molar refractivity (Wildman–Crippen MR) is 143 cm³/mol. The van der Waals surface area contributed by atoms with Crippen molar-refractivity contribution >= 4 is 23.6 Å². The zero-order valence-electron chi connectivity index (χ0n) is 22.5. The summed E-state index contributed by atoms with van der Waals surface area (Å²) >= 11 is 0. The fourth-order valence-electron chi connectivity index (χ4n) is 4.49. The molecule has 7 atom stereocenters. The van der Waals surface area contributed by atoms with Crippen LogP contribution in [-0.4, -0.2) is 69.1 Å². The van der Waals surface area contributed by atoms with Crippen LogP contribution in [0.2, 0.25) is 0 Å². The van der Waals surface area contributed by atoms with Gasteiger partial charge in [0.25, 0.3) is 5.91 Å². The number of nitrogens with one attached hydrogen (secondary N) is 4. The fourth-order valence-corrected chi connectivity index (χ4v) is 4.49. The number of hydrogen-bond acceptors (Lipinski definition) is 7. The van der Waals surface area contributed by atoms with Crippen molar-refractivity contribution < 1.29 is 29.4 Å². The SMILES string of the molecule is CCC(C)C1NC(=O)C(C)C(O)C(Cc2cccnc2)NC(=O)C(NC(=O)c2ccccc2O)C(C)NC1=O. The first-order chi connectivity index (χ1) is 18.5. The molecule has 4 amide bonds. The van der Waals surface area contributed by atoms with E-state index in [-0.39, 0.29) is 23.7 Å². The Bertz CT molecular complexity index is 1180. The number of phenolic OH excluding ortho intramolecular Hbond substituents is 1. The number of aromatic nitrogens is 1. The van der Waals surface area contributed by atoms with Crippen LogP contribution in [-0.2, 0) is 20.8 Å². The largest absolute Gasteiger partial charge is 0.507 e. The van der Waals surface area contributed by atoms with E-state index < -0.39 is 59.8 Å². The number of aliphatic hydroxyl groups is 1. The van der Waals surface area contributed by atoms with Gasteiger partial charge in [0.15, 0.2) is 0 Å². The van der Waals surface area contributed by atoms with Crippen LogP contribution in [0.3, 0.4) is 0 Å². The van der Waals surface area contributed by atoms with Crippen molar-refractivity contribution in [3.63, 3.8) is 0 Å². The van der Waals surface area contributed by atoms with Crippen LogP contribution in [0.25, 0.3) is 0 Å². The maximum absolute atomic E-state index is 13.6. The number of aliphatic hydroxyl groups excluding tert-OH is 1. The van der Waals surface area contributed by atoms with Gasteiger partial charge in [0.1, 0.15) is 17.8 Å². The molecule has 1 aliphatic heterocycles. The van der Waals surface area contributed by atoms with E-state index in [0.717, 1.165) is 5.56 Å². The number of rotatable bonds is 6. The van der Waals surface area contributed by atoms with Gasteiger partial charge in [0.2, 0.25) is 17.7 Å². The van der Waals surface area contributed by atoms with Crippen LogP contribution < -0.4 is 21.3 Å². The lowest BCUT2D eigenvalue weighted by Crippen LogP contribution is -2.64. The summed E-state index contributed by atoms with van der Waals surface area (Å²) in [5.41, 5.74) is 0.676. The molecule has 0 saturated carbocycles. The Hall–Kier alpha value is -3.99. The molecule has 1 saturated heterocycles. The molecule has 0 bridgehead atoms. The standard InChI is InChI=1S/C28H37N5O6/c1-5-15(2)22-27(38)30-17(4)23(33-26(37)19-10-6-7-11-21(19)34)28(39)31-20(13-18-9-8-12-29-14-18)24(35)16(3)25(36)32-22/h6-12,14-17,20,22-24,34-35H,5,13H2,1-4H3,(H,30,38)(H,31,39)(H,32,36)(H,33,37). The normalized spacial score (nSPS) is 27.2.